The summed E-state index contributed by atoms with van der Waals surface area (Å²) in [5, 5.41) is 3.00. The van der Waals surface area contributed by atoms with Gasteiger partial charge in [-0.05, 0) is 50.7 Å². The summed E-state index contributed by atoms with van der Waals surface area (Å²) in [6, 6.07) is 7.18. The summed E-state index contributed by atoms with van der Waals surface area (Å²) in [6.07, 6.45) is 6.32. The third-order valence-corrected chi connectivity index (χ3v) is 7.14. The van der Waals surface area contributed by atoms with Gasteiger partial charge in [-0.3, -0.25) is 24.1 Å². The molecule has 0 bridgehead atoms. The van der Waals surface area contributed by atoms with E-state index in [4.69, 9.17) is 0 Å². The zero-order valence-electron chi connectivity index (χ0n) is 20.8. The predicted molar refractivity (Wildman–Crippen MR) is 130 cm³/mol. The Morgan fingerprint density at radius 2 is 1.68 bits per heavy atom. The molecule has 0 saturated carbocycles. The number of hydrogen-bond acceptors (Lipinski definition) is 4. The van der Waals surface area contributed by atoms with E-state index in [1.54, 1.807) is 4.90 Å². The first-order valence-electron chi connectivity index (χ1n) is 12.4. The minimum Gasteiger partial charge on any atom is -0.352 e. The molecule has 1 saturated heterocycles. The van der Waals surface area contributed by atoms with Gasteiger partial charge in [-0.25, -0.2) is 0 Å². The highest BCUT2D eigenvalue weighted by molar-refractivity contribution is 6.05. The Bertz CT molecular complexity index is 931. The van der Waals surface area contributed by atoms with E-state index in [1.807, 2.05) is 64.1 Å². The summed E-state index contributed by atoms with van der Waals surface area (Å²) in [5.41, 5.74) is 2.01. The lowest BCUT2D eigenvalue weighted by Crippen LogP contribution is -2.51. The largest absolute Gasteiger partial charge is 0.352 e. The fraction of sp³-hybridized carbons (Fsp3) is 0.556. The number of nitrogens with zero attached hydrogens (tertiary/aromatic N) is 2. The molecule has 1 aromatic carbocycles. The number of amides is 4. The predicted octanol–water partition coefficient (Wildman–Crippen LogP) is 3.36. The lowest BCUT2D eigenvalue weighted by Gasteiger charge is -2.32. The lowest BCUT2D eigenvalue weighted by molar-refractivity contribution is -0.144. The van der Waals surface area contributed by atoms with Crippen LogP contribution in [0, 0.1) is 18.8 Å². The van der Waals surface area contributed by atoms with E-state index in [9.17, 15) is 19.2 Å². The van der Waals surface area contributed by atoms with E-state index in [0.717, 1.165) is 17.5 Å². The molecule has 4 amide bonds. The van der Waals surface area contributed by atoms with Crippen molar-refractivity contribution in [1.29, 1.82) is 0 Å². The summed E-state index contributed by atoms with van der Waals surface area (Å²) in [5.74, 6) is -1.38. The quantitative estimate of drug-likeness (QED) is 0.422. The van der Waals surface area contributed by atoms with Gasteiger partial charge in [-0.2, -0.15) is 0 Å². The Morgan fingerprint density at radius 3 is 2.24 bits per heavy atom. The summed E-state index contributed by atoms with van der Waals surface area (Å²) in [4.78, 5) is 55.0. The van der Waals surface area contributed by atoms with Crippen LogP contribution >= 0.6 is 0 Å². The van der Waals surface area contributed by atoms with Gasteiger partial charge >= 0.3 is 0 Å². The second kappa shape index (κ2) is 11.4. The molecular weight excluding hydrogens is 430 g/mol. The van der Waals surface area contributed by atoms with Crippen molar-refractivity contribution in [3.63, 3.8) is 0 Å². The first kappa shape index (κ1) is 25.7. The first-order chi connectivity index (χ1) is 16.3. The summed E-state index contributed by atoms with van der Waals surface area (Å²) >= 11 is 0. The fourth-order valence-corrected chi connectivity index (χ4v) is 4.77. The smallest absolute Gasteiger partial charge is 0.243 e. The topological polar surface area (TPSA) is 86.8 Å². The molecule has 2 aliphatic rings. The molecule has 1 aliphatic carbocycles. The average molecular weight is 468 g/mol. The number of rotatable bonds is 10. The van der Waals surface area contributed by atoms with E-state index < -0.39 is 6.04 Å². The third-order valence-electron chi connectivity index (χ3n) is 7.14. The van der Waals surface area contributed by atoms with E-state index in [2.05, 4.69) is 5.32 Å². The Labute approximate surface area is 202 Å². The zero-order valence-corrected chi connectivity index (χ0v) is 20.8. The van der Waals surface area contributed by atoms with Gasteiger partial charge in [0.15, 0.2) is 0 Å². The Kier molecular flexibility index (Phi) is 8.64. The maximum atomic E-state index is 13.5. The van der Waals surface area contributed by atoms with Crippen LogP contribution in [-0.2, 0) is 25.7 Å². The fourth-order valence-electron chi connectivity index (χ4n) is 4.77. The molecule has 0 aromatic heterocycles. The Morgan fingerprint density at radius 1 is 1.06 bits per heavy atom. The minimum atomic E-state index is -0.627. The average Bonchev–Trinajstić information content (AvgIpc) is 3.08. The number of imide groups is 1. The van der Waals surface area contributed by atoms with Gasteiger partial charge in [0.25, 0.3) is 0 Å². The zero-order chi connectivity index (χ0) is 24.8. The maximum Gasteiger partial charge on any atom is 0.243 e. The molecule has 7 nitrogen and oxygen atoms in total. The van der Waals surface area contributed by atoms with Crippen LogP contribution in [0.3, 0.4) is 0 Å². The van der Waals surface area contributed by atoms with Crippen LogP contribution in [0.5, 0.6) is 0 Å². The van der Waals surface area contributed by atoms with Crippen molar-refractivity contribution in [3.05, 3.63) is 47.5 Å². The highest BCUT2D eigenvalue weighted by atomic mass is 16.2. The maximum absolute atomic E-state index is 13.5. The molecule has 1 aliphatic heterocycles. The van der Waals surface area contributed by atoms with Gasteiger partial charge in [-0.1, -0.05) is 50.3 Å². The van der Waals surface area contributed by atoms with Crippen LogP contribution in [0.25, 0.3) is 0 Å². The van der Waals surface area contributed by atoms with Gasteiger partial charge in [0.05, 0.1) is 11.8 Å². The molecule has 2 unspecified atom stereocenters. The molecule has 0 spiro atoms. The summed E-state index contributed by atoms with van der Waals surface area (Å²) in [6.45, 7) is 8.17. The molecule has 1 N–H and O–H groups in total. The number of aryl methyl sites for hydroxylation is 1. The molecular formula is C27H37N3O4. The number of benzene rings is 1. The molecule has 1 aromatic rings. The standard InChI is InChI=1S/C27H37N3O4/c1-5-19(4)28-25(32)23(6-2)30(17-20-12-8-7-11-18(20)3)24(31)15-16-29-26(33)21-13-9-10-14-22(21)27(29)34/h7-12,19,21-23H,5-6,13-17H2,1-4H3,(H,28,32)/t19?,21-,22+,23?. The second-order valence-corrected chi connectivity index (χ2v) is 9.42. The number of likely N-dealkylation sites (tertiary alicyclic amines) is 1. The van der Waals surface area contributed by atoms with Crippen LogP contribution < -0.4 is 5.32 Å². The Hall–Kier alpha value is -2.96. The number of fused-ring (bicyclic) bond motifs is 1. The Balaban J connectivity index is 1.77. The number of hydrogen-bond donors (Lipinski definition) is 1. The van der Waals surface area contributed by atoms with Crippen molar-refractivity contribution in [3.8, 4) is 0 Å². The third kappa shape index (κ3) is 5.57. The van der Waals surface area contributed by atoms with E-state index >= 15 is 0 Å². The van der Waals surface area contributed by atoms with Gasteiger partial charge in [-0.15, -0.1) is 0 Å². The van der Waals surface area contributed by atoms with Crippen molar-refractivity contribution in [2.75, 3.05) is 6.54 Å². The van der Waals surface area contributed by atoms with Crippen molar-refractivity contribution in [2.24, 2.45) is 11.8 Å². The van der Waals surface area contributed by atoms with Crippen LogP contribution in [0.4, 0.5) is 0 Å². The number of carbonyl (C=O) groups excluding carboxylic acids is 4. The number of carbonyl (C=O) groups is 4. The van der Waals surface area contributed by atoms with Crippen molar-refractivity contribution < 1.29 is 19.2 Å². The van der Waals surface area contributed by atoms with Crippen molar-refractivity contribution >= 4 is 23.6 Å². The van der Waals surface area contributed by atoms with E-state index in [1.165, 1.54) is 4.90 Å². The highest BCUT2D eigenvalue weighted by Gasteiger charge is 2.47. The van der Waals surface area contributed by atoms with Crippen molar-refractivity contribution in [1.82, 2.24) is 15.1 Å². The summed E-state index contributed by atoms with van der Waals surface area (Å²) < 4.78 is 0. The van der Waals surface area contributed by atoms with Gasteiger partial charge in [0.1, 0.15) is 6.04 Å². The number of nitrogens with one attached hydrogen (secondary N) is 1. The van der Waals surface area contributed by atoms with Gasteiger partial charge < -0.3 is 10.2 Å². The molecule has 4 atom stereocenters. The molecule has 1 heterocycles. The lowest BCUT2D eigenvalue weighted by atomic mass is 9.85. The summed E-state index contributed by atoms with van der Waals surface area (Å²) in [7, 11) is 0. The van der Waals surface area contributed by atoms with E-state index in [-0.39, 0.29) is 54.5 Å². The first-order valence-corrected chi connectivity index (χ1v) is 12.4. The molecule has 7 heteroatoms. The van der Waals surface area contributed by atoms with Gasteiger partial charge in [0.2, 0.25) is 23.6 Å². The molecule has 3 rings (SSSR count). The van der Waals surface area contributed by atoms with Crippen LogP contribution in [0.15, 0.2) is 36.4 Å². The highest BCUT2D eigenvalue weighted by Crippen LogP contribution is 2.35. The second-order valence-electron chi connectivity index (χ2n) is 9.42. The van der Waals surface area contributed by atoms with Crippen LogP contribution in [0.1, 0.15) is 64.0 Å². The van der Waals surface area contributed by atoms with Crippen LogP contribution in [0.2, 0.25) is 0 Å². The molecule has 34 heavy (non-hydrogen) atoms. The molecule has 1 fully saturated rings. The number of allylic oxidation sites excluding steroid dienone is 2. The van der Waals surface area contributed by atoms with Crippen molar-refractivity contribution in [2.45, 2.75) is 78.4 Å². The SMILES string of the molecule is CCC(C)NC(=O)C(CC)N(Cc1ccccc1C)C(=O)CCN1C(=O)[C@H]2CC=CC[C@H]2C1=O. The van der Waals surface area contributed by atoms with E-state index in [0.29, 0.717) is 25.8 Å². The normalized spacial score (nSPS) is 21.2. The van der Waals surface area contributed by atoms with Gasteiger partial charge in [0, 0.05) is 25.6 Å². The molecule has 0 radical (unpaired) electrons. The van der Waals surface area contributed by atoms with Crippen LogP contribution in [-0.4, -0.2) is 52.1 Å². The minimum absolute atomic E-state index is 0.00331. The molecule has 184 valence electrons. The monoisotopic (exact) mass is 467 g/mol.